The summed E-state index contributed by atoms with van der Waals surface area (Å²) in [5, 5.41) is 23.6. The number of nitrogens with zero attached hydrogens (tertiary/aromatic N) is 1. The molecule has 14 unspecified atom stereocenters. The van der Waals surface area contributed by atoms with Crippen molar-refractivity contribution in [3.63, 3.8) is 0 Å². The normalized spacial score (nSPS) is 50.3. The molecule has 0 aromatic heterocycles. The lowest BCUT2D eigenvalue weighted by Gasteiger charge is -2.64. The number of methoxy groups -OCH3 is 1. The van der Waals surface area contributed by atoms with Crippen molar-refractivity contribution in [2.45, 2.75) is 149 Å². The van der Waals surface area contributed by atoms with Crippen LogP contribution in [0.15, 0.2) is 0 Å². The predicted molar refractivity (Wildman–Crippen MR) is 181 cm³/mol. The first-order valence-electron chi connectivity index (χ1n) is 19.2. The van der Waals surface area contributed by atoms with Crippen LogP contribution in [0.4, 0.5) is 0 Å². The van der Waals surface area contributed by atoms with Crippen molar-refractivity contribution < 1.29 is 38.7 Å². The summed E-state index contributed by atoms with van der Waals surface area (Å²) >= 11 is 0. The monoisotopic (exact) mass is 675 g/mol. The van der Waals surface area contributed by atoms with E-state index < -0.39 is 29.9 Å². The fourth-order valence-electron chi connectivity index (χ4n) is 14.0. The van der Waals surface area contributed by atoms with E-state index in [4.69, 9.17) is 23.7 Å². The molecule has 7 aliphatic rings. The van der Waals surface area contributed by atoms with Gasteiger partial charge < -0.3 is 33.9 Å². The van der Waals surface area contributed by atoms with Gasteiger partial charge in [0.1, 0.15) is 0 Å². The van der Waals surface area contributed by atoms with E-state index in [1.807, 2.05) is 0 Å². The zero-order chi connectivity index (χ0) is 34.7. The summed E-state index contributed by atoms with van der Waals surface area (Å²) < 4.78 is 30.9. The second-order valence-corrected chi connectivity index (χ2v) is 19.0. The lowest BCUT2D eigenvalue weighted by molar-refractivity contribution is -0.249. The van der Waals surface area contributed by atoms with E-state index in [1.165, 1.54) is 32.6 Å². The third-order valence-corrected chi connectivity index (χ3v) is 16.1. The summed E-state index contributed by atoms with van der Waals surface area (Å²) in [5.74, 6) is 1.11. The first kappa shape index (κ1) is 35.6. The minimum Gasteiger partial charge on any atom is -0.457 e. The van der Waals surface area contributed by atoms with Gasteiger partial charge in [-0.15, -0.1) is 0 Å². The molecule has 9 heteroatoms. The fourth-order valence-corrected chi connectivity index (χ4v) is 14.0. The van der Waals surface area contributed by atoms with Gasteiger partial charge in [0.15, 0.2) is 12.4 Å². The average molecular weight is 676 g/mol. The largest absolute Gasteiger partial charge is 0.457 e. The van der Waals surface area contributed by atoms with Crippen LogP contribution in [-0.4, -0.2) is 103 Å². The van der Waals surface area contributed by atoms with Gasteiger partial charge in [0.05, 0.1) is 43.2 Å². The molecule has 48 heavy (non-hydrogen) atoms. The van der Waals surface area contributed by atoms with Crippen LogP contribution in [-0.2, 0) is 28.5 Å². The maximum atomic E-state index is 12.6. The predicted octanol–water partition coefficient (Wildman–Crippen LogP) is 5.19. The molecular formula is C39H65NO8. The Balaban J connectivity index is 1.11. The number of hydrogen-bond acceptors (Lipinski definition) is 9. The van der Waals surface area contributed by atoms with Crippen LogP contribution in [0.25, 0.3) is 0 Å². The highest BCUT2D eigenvalue weighted by Crippen LogP contribution is 2.89. The van der Waals surface area contributed by atoms with Gasteiger partial charge in [-0.1, -0.05) is 34.6 Å². The first-order chi connectivity index (χ1) is 22.5. The highest BCUT2D eigenvalue weighted by atomic mass is 16.7. The van der Waals surface area contributed by atoms with E-state index in [-0.39, 0.29) is 52.0 Å². The quantitative estimate of drug-likeness (QED) is 0.336. The summed E-state index contributed by atoms with van der Waals surface area (Å²) in [4.78, 5) is 14.5. The molecule has 0 aromatic rings. The Bertz CT molecular complexity index is 1240. The summed E-state index contributed by atoms with van der Waals surface area (Å²) in [5.41, 5.74) is -0.966. The number of ether oxygens (including phenoxy) is 5. The minimum atomic E-state index is -1.25. The highest BCUT2D eigenvalue weighted by molar-refractivity contribution is 5.66. The van der Waals surface area contributed by atoms with Crippen molar-refractivity contribution in [1.82, 2.24) is 4.90 Å². The lowest BCUT2D eigenvalue weighted by atomic mass is 9.41. The summed E-state index contributed by atoms with van der Waals surface area (Å²) in [6, 6.07) is 0. The molecule has 7 rings (SSSR count). The zero-order valence-corrected chi connectivity index (χ0v) is 31.3. The standard InChI is InChI=1S/C39H65NO8/c1-23-20-25(33(35(5,6)43)46-24(2)41)47-31-30(23)36(7)14-15-39-22-38(39)13-12-28(48-29-21-40(16-18-44-9)17-19-45-29)34(3,4)26(38)10-11-27(39)37(36,8)32(31)42/h23,25-33,42-43H,10-22H2,1-9H3. The van der Waals surface area contributed by atoms with Crippen LogP contribution in [0, 0.1) is 50.7 Å². The van der Waals surface area contributed by atoms with Crippen molar-refractivity contribution >= 4 is 5.97 Å². The molecule has 274 valence electrons. The Hall–Kier alpha value is -0.810. The number of morpholine rings is 1. The molecule has 5 aliphatic carbocycles. The Morgan fingerprint density at radius 1 is 1.06 bits per heavy atom. The van der Waals surface area contributed by atoms with Gasteiger partial charge in [-0.2, -0.15) is 0 Å². The van der Waals surface area contributed by atoms with Gasteiger partial charge in [0, 0.05) is 39.1 Å². The number of aliphatic hydroxyl groups is 2. The number of hydrogen-bond donors (Lipinski definition) is 2. The Morgan fingerprint density at radius 2 is 1.77 bits per heavy atom. The smallest absolute Gasteiger partial charge is 0.303 e. The lowest BCUT2D eigenvalue weighted by Crippen LogP contribution is -2.60. The summed E-state index contributed by atoms with van der Waals surface area (Å²) in [6.07, 6.45) is 6.68. The first-order valence-corrected chi connectivity index (χ1v) is 19.2. The Labute approximate surface area is 289 Å². The minimum absolute atomic E-state index is 0.0441. The molecule has 0 radical (unpaired) electrons. The average Bonchev–Trinajstić information content (AvgIpc) is 3.64. The van der Waals surface area contributed by atoms with Crippen molar-refractivity contribution in [3.05, 3.63) is 0 Å². The number of aliphatic hydroxyl groups excluding tert-OH is 1. The van der Waals surface area contributed by atoms with Gasteiger partial charge in [0.2, 0.25) is 0 Å². The molecule has 2 saturated heterocycles. The van der Waals surface area contributed by atoms with Crippen molar-refractivity contribution in [2.24, 2.45) is 50.7 Å². The molecule has 0 bridgehead atoms. The maximum Gasteiger partial charge on any atom is 0.303 e. The van der Waals surface area contributed by atoms with Gasteiger partial charge in [-0.25, -0.2) is 0 Å². The topological polar surface area (TPSA) is 107 Å². The molecule has 2 heterocycles. The van der Waals surface area contributed by atoms with E-state index in [9.17, 15) is 15.0 Å². The molecule has 9 nitrogen and oxygen atoms in total. The molecule has 5 saturated carbocycles. The van der Waals surface area contributed by atoms with E-state index in [1.54, 1.807) is 21.0 Å². The third-order valence-electron chi connectivity index (χ3n) is 16.1. The fraction of sp³-hybridized carbons (Fsp3) is 0.974. The van der Waals surface area contributed by atoms with Crippen LogP contribution in [0.2, 0.25) is 0 Å². The molecular weight excluding hydrogens is 610 g/mol. The van der Waals surface area contributed by atoms with Crippen LogP contribution in [0.3, 0.4) is 0 Å². The number of carbonyl (C=O) groups excluding carboxylic acids is 1. The molecule has 2 spiro atoms. The van der Waals surface area contributed by atoms with Gasteiger partial charge in [-0.05, 0) is 111 Å². The SMILES string of the molecule is COCCN1CCOC(OC2CCC34CC35CCC3(C)C6C(C)CC(C(OC(C)=O)C(C)(C)O)OC6C(O)C3(C)C5CCC4C2(C)C)C1. The van der Waals surface area contributed by atoms with E-state index >= 15 is 0 Å². The van der Waals surface area contributed by atoms with Crippen molar-refractivity contribution in [1.29, 1.82) is 0 Å². The Morgan fingerprint density at radius 3 is 2.46 bits per heavy atom. The number of rotatable bonds is 8. The molecule has 0 amide bonds. The second kappa shape index (κ2) is 11.9. The van der Waals surface area contributed by atoms with Crippen LogP contribution in [0.5, 0.6) is 0 Å². The number of fused-ring (bicyclic) bond motifs is 4. The number of esters is 1. The molecule has 2 aliphatic heterocycles. The summed E-state index contributed by atoms with van der Waals surface area (Å²) in [7, 11) is 1.76. The zero-order valence-electron chi connectivity index (χ0n) is 31.3. The van der Waals surface area contributed by atoms with E-state index in [0.29, 0.717) is 30.3 Å². The molecule has 2 N–H and O–H groups in total. The number of carbonyl (C=O) groups is 1. The summed E-state index contributed by atoms with van der Waals surface area (Å²) in [6.45, 7) is 20.9. The molecule has 14 atom stereocenters. The van der Waals surface area contributed by atoms with Gasteiger partial charge in [0.25, 0.3) is 0 Å². The van der Waals surface area contributed by atoms with Crippen LogP contribution >= 0.6 is 0 Å². The van der Waals surface area contributed by atoms with E-state index in [0.717, 1.165) is 45.5 Å². The van der Waals surface area contributed by atoms with Crippen molar-refractivity contribution in [2.75, 3.05) is 40.0 Å². The van der Waals surface area contributed by atoms with Crippen LogP contribution < -0.4 is 0 Å². The van der Waals surface area contributed by atoms with Crippen molar-refractivity contribution in [3.8, 4) is 0 Å². The highest BCUT2D eigenvalue weighted by Gasteiger charge is 2.84. The Kier molecular flexibility index (Phi) is 8.79. The third kappa shape index (κ3) is 4.97. The van der Waals surface area contributed by atoms with E-state index in [2.05, 4.69) is 39.5 Å². The van der Waals surface area contributed by atoms with Gasteiger partial charge >= 0.3 is 5.97 Å². The second-order valence-electron chi connectivity index (χ2n) is 19.0. The van der Waals surface area contributed by atoms with Crippen LogP contribution in [0.1, 0.15) is 107 Å². The molecule has 0 aromatic carbocycles. The molecule has 7 fully saturated rings. The maximum absolute atomic E-state index is 12.6. The van der Waals surface area contributed by atoms with Gasteiger partial charge in [-0.3, -0.25) is 9.69 Å².